The lowest BCUT2D eigenvalue weighted by Gasteiger charge is -2.38. The van der Waals surface area contributed by atoms with E-state index >= 15 is 0 Å². The lowest BCUT2D eigenvalue weighted by Crippen LogP contribution is -2.51. The van der Waals surface area contributed by atoms with E-state index in [4.69, 9.17) is 13.3 Å². The SMILES string of the molecule is CCO[Si](CCCN1CCN(CCN2CCN(CC)CC2)CC1)(OCC)OCC. The first-order chi connectivity index (χ1) is 14.1. The lowest BCUT2D eigenvalue weighted by atomic mass is 10.2. The molecule has 2 heterocycles. The van der Waals surface area contributed by atoms with Gasteiger partial charge in [0.1, 0.15) is 0 Å². The summed E-state index contributed by atoms with van der Waals surface area (Å²) in [5.41, 5.74) is 0. The maximum absolute atomic E-state index is 5.98. The van der Waals surface area contributed by atoms with Crippen molar-refractivity contribution in [2.45, 2.75) is 40.2 Å². The van der Waals surface area contributed by atoms with E-state index in [-0.39, 0.29) is 0 Å². The summed E-state index contributed by atoms with van der Waals surface area (Å²) >= 11 is 0. The molecular formula is C21H46N4O3Si. The summed E-state index contributed by atoms with van der Waals surface area (Å²) in [7, 11) is -2.48. The van der Waals surface area contributed by atoms with Crippen molar-refractivity contribution < 1.29 is 13.3 Å². The van der Waals surface area contributed by atoms with Gasteiger partial charge >= 0.3 is 8.80 Å². The second-order valence-electron chi connectivity index (χ2n) is 8.04. The van der Waals surface area contributed by atoms with Crippen LogP contribution in [0.25, 0.3) is 0 Å². The van der Waals surface area contributed by atoms with Crippen LogP contribution in [0.1, 0.15) is 34.1 Å². The van der Waals surface area contributed by atoms with E-state index in [0.717, 1.165) is 19.0 Å². The predicted octanol–water partition coefficient (Wildman–Crippen LogP) is 1.68. The Balaban J connectivity index is 1.61. The Labute approximate surface area is 180 Å². The van der Waals surface area contributed by atoms with E-state index in [0.29, 0.717) is 19.8 Å². The fourth-order valence-corrected chi connectivity index (χ4v) is 6.96. The van der Waals surface area contributed by atoms with Gasteiger partial charge in [-0.2, -0.15) is 0 Å². The lowest BCUT2D eigenvalue weighted by molar-refractivity contribution is 0.0681. The van der Waals surface area contributed by atoms with Crippen molar-refractivity contribution in [1.29, 1.82) is 0 Å². The summed E-state index contributed by atoms with van der Waals surface area (Å²) in [5, 5.41) is 0. The molecule has 0 unspecified atom stereocenters. The fourth-order valence-electron chi connectivity index (χ4n) is 4.37. The van der Waals surface area contributed by atoms with Gasteiger partial charge in [-0.3, -0.25) is 9.80 Å². The van der Waals surface area contributed by atoms with Gasteiger partial charge in [-0.05, 0) is 40.3 Å². The van der Waals surface area contributed by atoms with E-state index in [2.05, 4.69) is 26.5 Å². The van der Waals surface area contributed by atoms with E-state index in [9.17, 15) is 0 Å². The first-order valence-corrected chi connectivity index (χ1v) is 13.9. The molecule has 2 fully saturated rings. The minimum Gasteiger partial charge on any atom is -0.374 e. The van der Waals surface area contributed by atoms with Crippen molar-refractivity contribution in [2.24, 2.45) is 0 Å². The Morgan fingerprint density at radius 3 is 1.31 bits per heavy atom. The van der Waals surface area contributed by atoms with Crippen LogP contribution in [0.5, 0.6) is 0 Å². The molecule has 29 heavy (non-hydrogen) atoms. The molecule has 0 N–H and O–H groups in total. The van der Waals surface area contributed by atoms with Crippen LogP contribution < -0.4 is 0 Å². The largest absolute Gasteiger partial charge is 0.500 e. The molecule has 0 spiro atoms. The first kappa shape index (κ1) is 25.2. The Morgan fingerprint density at radius 1 is 0.552 bits per heavy atom. The van der Waals surface area contributed by atoms with Crippen molar-refractivity contribution in [3.05, 3.63) is 0 Å². The van der Waals surface area contributed by atoms with Crippen LogP contribution in [-0.4, -0.2) is 127 Å². The molecule has 0 aromatic carbocycles. The molecule has 2 aliphatic rings. The number of hydrogen-bond acceptors (Lipinski definition) is 7. The fraction of sp³-hybridized carbons (Fsp3) is 1.00. The monoisotopic (exact) mass is 430 g/mol. The molecule has 0 aromatic heterocycles. The topological polar surface area (TPSA) is 40.7 Å². The molecule has 0 saturated carbocycles. The molecular weight excluding hydrogens is 384 g/mol. The Bertz CT molecular complexity index is 400. The summed E-state index contributed by atoms with van der Waals surface area (Å²) in [5.74, 6) is 0. The number of likely N-dealkylation sites (N-methyl/N-ethyl adjacent to an activating group) is 1. The van der Waals surface area contributed by atoms with Gasteiger partial charge in [0.05, 0.1) is 0 Å². The Morgan fingerprint density at radius 2 is 0.931 bits per heavy atom. The highest BCUT2D eigenvalue weighted by Crippen LogP contribution is 2.19. The van der Waals surface area contributed by atoms with Gasteiger partial charge in [-0.15, -0.1) is 0 Å². The van der Waals surface area contributed by atoms with Crippen LogP contribution in [0.3, 0.4) is 0 Å². The van der Waals surface area contributed by atoms with Crippen molar-refractivity contribution in [3.63, 3.8) is 0 Å². The zero-order chi connectivity index (χ0) is 21.0. The third kappa shape index (κ3) is 8.91. The molecule has 0 atom stereocenters. The van der Waals surface area contributed by atoms with Crippen LogP contribution in [-0.2, 0) is 13.3 Å². The summed E-state index contributed by atoms with van der Waals surface area (Å²) < 4.78 is 17.9. The van der Waals surface area contributed by atoms with Crippen molar-refractivity contribution in [2.75, 3.05) is 98.4 Å². The van der Waals surface area contributed by atoms with Crippen LogP contribution in [0, 0.1) is 0 Å². The van der Waals surface area contributed by atoms with E-state index in [1.54, 1.807) is 0 Å². The van der Waals surface area contributed by atoms with Gasteiger partial charge in [-0.1, -0.05) is 6.92 Å². The second-order valence-corrected chi connectivity index (χ2v) is 10.8. The highest BCUT2D eigenvalue weighted by Gasteiger charge is 2.39. The summed E-state index contributed by atoms with van der Waals surface area (Å²) in [6, 6.07) is 0.923. The van der Waals surface area contributed by atoms with Gasteiger partial charge in [0.2, 0.25) is 0 Å². The quantitative estimate of drug-likeness (QED) is 0.388. The molecule has 2 saturated heterocycles. The maximum atomic E-state index is 5.98. The molecule has 0 amide bonds. The van der Waals surface area contributed by atoms with Gasteiger partial charge in [0.15, 0.2) is 0 Å². The standard InChI is InChI=1S/C21H46N4O3Si/c1-5-22-11-13-24(14-12-22)19-20-25-17-15-23(16-18-25)10-9-21-29(26-6-2,27-7-3)28-8-4/h5-21H2,1-4H3. The number of hydrogen-bond donors (Lipinski definition) is 0. The van der Waals surface area contributed by atoms with Crippen molar-refractivity contribution in [1.82, 2.24) is 19.6 Å². The number of nitrogens with zero attached hydrogens (tertiary/aromatic N) is 4. The number of piperazine rings is 2. The minimum absolute atomic E-state index is 0.665. The Hall–Kier alpha value is -0.0631. The number of rotatable bonds is 14. The normalized spacial score (nSPS) is 21.1. The highest BCUT2D eigenvalue weighted by atomic mass is 28.4. The second kappa shape index (κ2) is 14.1. The van der Waals surface area contributed by atoms with Crippen LogP contribution in [0.4, 0.5) is 0 Å². The first-order valence-electron chi connectivity index (χ1n) is 12.0. The van der Waals surface area contributed by atoms with Crippen LogP contribution in [0.2, 0.25) is 6.04 Å². The molecule has 7 nitrogen and oxygen atoms in total. The van der Waals surface area contributed by atoms with Crippen LogP contribution in [0.15, 0.2) is 0 Å². The summed E-state index contributed by atoms with van der Waals surface area (Å²) in [6.07, 6.45) is 1.09. The third-order valence-electron chi connectivity index (χ3n) is 6.16. The summed E-state index contributed by atoms with van der Waals surface area (Å²) in [4.78, 5) is 10.4. The minimum atomic E-state index is -2.48. The molecule has 0 bridgehead atoms. The van der Waals surface area contributed by atoms with Crippen molar-refractivity contribution >= 4 is 8.80 Å². The zero-order valence-corrected chi connectivity index (χ0v) is 20.5. The molecule has 172 valence electrons. The van der Waals surface area contributed by atoms with Crippen molar-refractivity contribution in [3.8, 4) is 0 Å². The van der Waals surface area contributed by atoms with E-state index in [1.165, 1.54) is 72.0 Å². The summed E-state index contributed by atoms with van der Waals surface area (Å²) in [6.45, 7) is 24.8. The average Bonchev–Trinajstić information content (AvgIpc) is 2.74. The Kier molecular flexibility index (Phi) is 12.2. The van der Waals surface area contributed by atoms with Gasteiger partial charge in [0.25, 0.3) is 0 Å². The van der Waals surface area contributed by atoms with E-state index < -0.39 is 8.80 Å². The van der Waals surface area contributed by atoms with Gasteiger partial charge in [0, 0.05) is 91.3 Å². The molecule has 2 aliphatic heterocycles. The average molecular weight is 431 g/mol. The molecule has 0 aromatic rings. The molecule has 2 rings (SSSR count). The predicted molar refractivity (Wildman–Crippen MR) is 121 cm³/mol. The molecule has 0 radical (unpaired) electrons. The third-order valence-corrected chi connectivity index (χ3v) is 9.31. The van der Waals surface area contributed by atoms with Gasteiger partial charge in [-0.25, -0.2) is 0 Å². The smallest absolute Gasteiger partial charge is 0.374 e. The van der Waals surface area contributed by atoms with Gasteiger partial charge < -0.3 is 23.1 Å². The zero-order valence-electron chi connectivity index (χ0n) is 19.5. The maximum Gasteiger partial charge on any atom is 0.500 e. The molecule has 8 heteroatoms. The molecule has 0 aliphatic carbocycles. The van der Waals surface area contributed by atoms with E-state index in [1.807, 2.05) is 20.8 Å². The highest BCUT2D eigenvalue weighted by molar-refractivity contribution is 6.60. The van der Waals surface area contributed by atoms with Crippen LogP contribution >= 0.6 is 0 Å².